The molecule has 0 aliphatic heterocycles. The second-order valence-electron chi connectivity index (χ2n) is 1.51. The van der Waals surface area contributed by atoms with Crippen LogP contribution in [0.15, 0.2) is 29.2 Å². The van der Waals surface area contributed by atoms with Crippen LogP contribution in [0, 0.1) is 5.82 Å². The van der Waals surface area contributed by atoms with Gasteiger partial charge in [-0.2, -0.15) is 0 Å². The van der Waals surface area contributed by atoms with Gasteiger partial charge in [0.1, 0.15) is 5.82 Å². The van der Waals surface area contributed by atoms with Crippen LogP contribution in [0.1, 0.15) is 0 Å². The second kappa shape index (κ2) is 3.90. The van der Waals surface area contributed by atoms with Crippen LogP contribution in [0.5, 0.6) is 0 Å². The Kier molecular flexibility index (Phi) is 3.89. The topological polar surface area (TPSA) is 0 Å². The molecule has 0 fully saturated rings. The number of benzene rings is 1. The van der Waals surface area contributed by atoms with E-state index in [1.165, 1.54) is 12.1 Å². The fourth-order valence-electron chi connectivity index (χ4n) is 0.450. The fraction of sp³-hybridized carbons (Fsp3) is 0. The Labute approximate surface area is 69.3 Å². The summed E-state index contributed by atoms with van der Waals surface area (Å²) in [7, 11) is 0. The van der Waals surface area contributed by atoms with E-state index >= 15 is 0 Å². The third-order valence-electron chi connectivity index (χ3n) is 0.844. The summed E-state index contributed by atoms with van der Waals surface area (Å²) < 4.78 is 12.1. The lowest BCUT2D eigenvalue weighted by atomic mass is 10.4. The molecule has 0 aromatic heterocycles. The van der Waals surface area contributed by atoms with Crippen molar-refractivity contribution in [3.8, 4) is 0 Å². The zero-order valence-electron chi connectivity index (χ0n) is 4.57. The summed E-state index contributed by atoms with van der Waals surface area (Å²) in [5, 5.41) is 0. The lowest BCUT2D eigenvalue weighted by Crippen LogP contribution is -3.00. The number of rotatable bonds is 0. The minimum atomic E-state index is -0.202. The van der Waals surface area contributed by atoms with Crippen LogP contribution < -0.4 is 17.0 Å². The van der Waals surface area contributed by atoms with E-state index in [1.54, 1.807) is 12.1 Å². The van der Waals surface area contributed by atoms with Gasteiger partial charge in [-0.3, -0.25) is 0 Å². The molecule has 0 saturated carbocycles. The Morgan fingerprint density at radius 2 is 1.56 bits per heavy atom. The van der Waals surface area contributed by atoms with Crippen molar-refractivity contribution < 1.29 is 21.4 Å². The molecular formula is C6H6BrFS. The number of hydrogen-bond donors (Lipinski definition) is 0. The number of halogens is 2. The van der Waals surface area contributed by atoms with Gasteiger partial charge in [-0.25, -0.2) is 4.39 Å². The van der Waals surface area contributed by atoms with Gasteiger partial charge in [-0.1, -0.05) is 0 Å². The molecule has 0 heterocycles. The van der Waals surface area contributed by atoms with Crippen LogP contribution in [0.4, 0.5) is 4.39 Å². The molecule has 0 spiro atoms. The van der Waals surface area contributed by atoms with E-state index < -0.39 is 0 Å². The van der Waals surface area contributed by atoms with Crippen LogP contribution in [-0.4, -0.2) is 0 Å². The van der Waals surface area contributed by atoms with Crippen molar-refractivity contribution in [2.45, 2.75) is 4.90 Å². The zero-order valence-corrected chi connectivity index (χ0v) is 7.15. The summed E-state index contributed by atoms with van der Waals surface area (Å²) in [5.41, 5.74) is 0. The summed E-state index contributed by atoms with van der Waals surface area (Å²) in [5.74, 6) is -0.202. The predicted molar refractivity (Wildman–Crippen MR) is 34.8 cm³/mol. The first-order chi connectivity index (χ1) is 3.79. The van der Waals surface area contributed by atoms with Crippen molar-refractivity contribution in [2.75, 3.05) is 0 Å². The third kappa shape index (κ3) is 2.87. The van der Waals surface area contributed by atoms with Gasteiger partial charge < -0.3 is 17.0 Å². The molecule has 0 N–H and O–H groups in total. The molecule has 0 amide bonds. The highest BCUT2D eigenvalue weighted by molar-refractivity contribution is 7.58. The van der Waals surface area contributed by atoms with Gasteiger partial charge >= 0.3 is 0 Å². The monoisotopic (exact) mass is 208 g/mol. The van der Waals surface area contributed by atoms with E-state index in [0.717, 1.165) is 4.90 Å². The lowest BCUT2D eigenvalue weighted by Gasteiger charge is -1.81. The van der Waals surface area contributed by atoms with Crippen LogP contribution in [0.2, 0.25) is 0 Å². The second-order valence-corrected chi connectivity index (χ2v) is 2.08. The smallest absolute Gasteiger partial charge is 0.150 e. The average Bonchev–Trinajstić information content (AvgIpc) is 1.77. The highest BCUT2D eigenvalue weighted by Gasteiger charge is 1.89. The van der Waals surface area contributed by atoms with Crippen LogP contribution in [-0.2, 0) is 12.6 Å². The molecule has 0 unspecified atom stereocenters. The largest absolute Gasteiger partial charge is 1.00 e. The molecular weight excluding hydrogens is 203 g/mol. The first-order valence-electron chi connectivity index (χ1n) is 2.26. The van der Waals surface area contributed by atoms with Crippen molar-refractivity contribution in [2.24, 2.45) is 0 Å². The summed E-state index contributed by atoms with van der Waals surface area (Å²) in [4.78, 5) is 0.895. The van der Waals surface area contributed by atoms with Crippen molar-refractivity contribution in [3.05, 3.63) is 30.1 Å². The maximum Gasteiger partial charge on any atom is 0.150 e. The van der Waals surface area contributed by atoms with Gasteiger partial charge in [0.2, 0.25) is 0 Å². The summed E-state index contributed by atoms with van der Waals surface area (Å²) in [6.45, 7) is 0. The summed E-state index contributed by atoms with van der Waals surface area (Å²) in [6.07, 6.45) is 0. The molecule has 1 aromatic carbocycles. The Balaban J connectivity index is 0.000000640. The van der Waals surface area contributed by atoms with E-state index in [1.807, 2.05) is 0 Å². The van der Waals surface area contributed by atoms with E-state index in [-0.39, 0.29) is 22.8 Å². The Bertz CT molecular complexity index is 152. The molecule has 0 saturated heterocycles. The maximum absolute atomic E-state index is 12.1. The van der Waals surface area contributed by atoms with Crippen molar-refractivity contribution in [1.82, 2.24) is 0 Å². The lowest BCUT2D eigenvalue weighted by molar-refractivity contribution is -0.00000215. The minimum absolute atomic E-state index is 0. The standard InChI is InChI=1S/C6H5FS.BrH/c7-5-1-3-6(8)4-2-5;/h1-4,8H;1H. The van der Waals surface area contributed by atoms with E-state index in [9.17, 15) is 4.39 Å². The fourth-order valence-corrected chi connectivity index (χ4v) is 0.617. The highest BCUT2D eigenvalue weighted by Crippen LogP contribution is 1.99. The molecule has 50 valence electrons. The molecule has 0 aliphatic rings. The quantitative estimate of drug-likeness (QED) is 0.442. The molecule has 0 aliphatic carbocycles. The maximum atomic E-state index is 12.1. The Morgan fingerprint density at radius 3 is 1.89 bits per heavy atom. The summed E-state index contributed by atoms with van der Waals surface area (Å²) in [6, 6.07) is 6.13. The normalized spacial score (nSPS) is 8.22. The van der Waals surface area contributed by atoms with Crippen molar-refractivity contribution in [1.29, 1.82) is 0 Å². The Hall–Kier alpha value is -0.0200. The average molecular weight is 209 g/mol. The van der Waals surface area contributed by atoms with Gasteiger partial charge in [0, 0.05) is 0 Å². The van der Waals surface area contributed by atoms with Gasteiger partial charge in [0.25, 0.3) is 0 Å². The van der Waals surface area contributed by atoms with Crippen molar-refractivity contribution >= 4 is 12.6 Å². The van der Waals surface area contributed by atoms with Crippen LogP contribution in [0.25, 0.3) is 0 Å². The SMILES string of the molecule is Fc1ccc([SH2+])cc1.[Br-]. The molecule has 1 rings (SSSR count). The van der Waals surface area contributed by atoms with Gasteiger partial charge in [-0.15, -0.1) is 0 Å². The molecule has 0 radical (unpaired) electrons. The minimum Gasteiger partial charge on any atom is -1.00 e. The summed E-state index contributed by atoms with van der Waals surface area (Å²) >= 11 is 3.22. The molecule has 9 heavy (non-hydrogen) atoms. The molecule has 0 atom stereocenters. The molecule has 0 nitrogen and oxygen atoms in total. The van der Waals surface area contributed by atoms with E-state index in [0.29, 0.717) is 0 Å². The third-order valence-corrected chi connectivity index (χ3v) is 1.18. The van der Waals surface area contributed by atoms with Crippen LogP contribution >= 0.6 is 0 Å². The molecule has 3 heteroatoms. The van der Waals surface area contributed by atoms with E-state index in [4.69, 9.17) is 0 Å². The van der Waals surface area contributed by atoms with Gasteiger partial charge in [-0.05, 0) is 36.9 Å². The van der Waals surface area contributed by atoms with E-state index in [2.05, 4.69) is 12.6 Å². The van der Waals surface area contributed by atoms with Crippen molar-refractivity contribution in [3.63, 3.8) is 0 Å². The highest BCUT2D eigenvalue weighted by atomic mass is 79.9. The zero-order chi connectivity index (χ0) is 5.98. The molecule has 1 aromatic rings. The Morgan fingerprint density at radius 1 is 1.11 bits per heavy atom. The predicted octanol–water partition coefficient (Wildman–Crippen LogP) is -1.80. The van der Waals surface area contributed by atoms with Gasteiger partial charge in [0.15, 0.2) is 4.90 Å². The van der Waals surface area contributed by atoms with Gasteiger partial charge in [0.05, 0.1) is 0 Å². The first kappa shape index (κ1) is 8.98. The molecule has 0 bridgehead atoms. The number of hydrogen-bond acceptors (Lipinski definition) is 0. The van der Waals surface area contributed by atoms with Crippen LogP contribution in [0.3, 0.4) is 0 Å². The first-order valence-corrected chi connectivity index (χ1v) is 2.76.